The molecule has 0 spiro atoms. The number of rotatable bonds is 5. The summed E-state index contributed by atoms with van der Waals surface area (Å²) in [6.07, 6.45) is 9.44. The molecule has 0 saturated heterocycles. The van der Waals surface area contributed by atoms with Gasteiger partial charge in [0.15, 0.2) is 0 Å². The normalized spacial score (nSPS) is 25.6. The van der Waals surface area contributed by atoms with Gasteiger partial charge in [-0.05, 0) is 51.1 Å². The maximum absolute atomic E-state index is 3.59. The van der Waals surface area contributed by atoms with Crippen molar-refractivity contribution in [1.29, 1.82) is 0 Å². The summed E-state index contributed by atoms with van der Waals surface area (Å²) in [5.74, 6) is 8.06. The molecule has 0 aliphatic heterocycles. The third-order valence-electron chi connectivity index (χ3n) is 3.69. The van der Waals surface area contributed by atoms with Crippen LogP contribution < -0.4 is 5.32 Å². The van der Waals surface area contributed by atoms with Gasteiger partial charge >= 0.3 is 0 Å². The Labute approximate surface area is 101 Å². The summed E-state index contributed by atoms with van der Waals surface area (Å²) in [5.41, 5.74) is 0. The predicted octanol–water partition coefficient (Wildman–Crippen LogP) is 3.60. The van der Waals surface area contributed by atoms with Gasteiger partial charge in [-0.3, -0.25) is 0 Å². The molecule has 1 heteroatoms. The molecule has 1 nitrogen and oxygen atoms in total. The second-order valence-electron chi connectivity index (χ2n) is 4.99. The molecule has 0 heterocycles. The molecule has 0 amide bonds. The lowest BCUT2D eigenvalue weighted by Gasteiger charge is -2.23. The molecule has 0 aromatic carbocycles. The van der Waals surface area contributed by atoms with E-state index in [0.29, 0.717) is 0 Å². The van der Waals surface area contributed by atoms with Crippen molar-refractivity contribution in [2.24, 2.45) is 11.8 Å². The van der Waals surface area contributed by atoms with Crippen molar-refractivity contribution in [3.05, 3.63) is 0 Å². The Morgan fingerprint density at radius 3 is 2.56 bits per heavy atom. The van der Waals surface area contributed by atoms with Crippen molar-refractivity contribution in [1.82, 2.24) is 5.32 Å². The highest BCUT2D eigenvalue weighted by atomic mass is 14.9. The van der Waals surface area contributed by atoms with Crippen molar-refractivity contribution in [3.8, 4) is 11.8 Å². The average molecular weight is 221 g/mol. The van der Waals surface area contributed by atoms with E-state index in [4.69, 9.17) is 0 Å². The van der Waals surface area contributed by atoms with E-state index in [0.717, 1.165) is 18.3 Å². The maximum atomic E-state index is 3.59. The zero-order valence-corrected chi connectivity index (χ0v) is 11.0. The standard InChI is InChI=1S/C15H27N/c1-3-5-9-14-10-7-6-8-11-15(14)13-16-12-4-2/h14-16H,4,6-13H2,1-2H3. The average Bonchev–Trinajstić information content (AvgIpc) is 2.52. The van der Waals surface area contributed by atoms with Crippen LogP contribution in [0.2, 0.25) is 0 Å². The van der Waals surface area contributed by atoms with Gasteiger partial charge in [-0.15, -0.1) is 11.8 Å². The lowest BCUT2D eigenvalue weighted by molar-refractivity contribution is 0.305. The van der Waals surface area contributed by atoms with E-state index in [1.807, 2.05) is 6.92 Å². The zero-order valence-electron chi connectivity index (χ0n) is 11.0. The highest BCUT2D eigenvalue weighted by Crippen LogP contribution is 2.30. The molecule has 92 valence electrons. The van der Waals surface area contributed by atoms with Gasteiger partial charge < -0.3 is 5.32 Å². The van der Waals surface area contributed by atoms with Crippen LogP contribution >= 0.6 is 0 Å². The first-order valence-corrected chi connectivity index (χ1v) is 6.98. The Hall–Kier alpha value is -0.480. The summed E-state index contributed by atoms with van der Waals surface area (Å²) in [6.45, 7) is 6.58. The molecule has 16 heavy (non-hydrogen) atoms. The molecule has 1 rings (SSSR count). The van der Waals surface area contributed by atoms with Crippen LogP contribution in [-0.2, 0) is 0 Å². The Morgan fingerprint density at radius 1 is 1.12 bits per heavy atom. The molecule has 1 saturated carbocycles. The van der Waals surface area contributed by atoms with Crippen molar-refractivity contribution in [3.63, 3.8) is 0 Å². The number of nitrogens with one attached hydrogen (secondary N) is 1. The van der Waals surface area contributed by atoms with Gasteiger partial charge in [-0.25, -0.2) is 0 Å². The Balaban J connectivity index is 2.40. The Morgan fingerprint density at radius 2 is 1.88 bits per heavy atom. The summed E-state index contributed by atoms with van der Waals surface area (Å²) in [4.78, 5) is 0. The van der Waals surface area contributed by atoms with Crippen LogP contribution in [0.4, 0.5) is 0 Å². The van der Waals surface area contributed by atoms with E-state index in [1.54, 1.807) is 0 Å². The second kappa shape index (κ2) is 8.65. The molecule has 0 radical (unpaired) electrons. The molecule has 0 aromatic heterocycles. The van der Waals surface area contributed by atoms with Crippen molar-refractivity contribution < 1.29 is 0 Å². The van der Waals surface area contributed by atoms with Crippen molar-refractivity contribution in [2.75, 3.05) is 13.1 Å². The van der Waals surface area contributed by atoms with Gasteiger partial charge in [-0.1, -0.05) is 26.2 Å². The fraction of sp³-hybridized carbons (Fsp3) is 0.867. The highest BCUT2D eigenvalue weighted by Gasteiger charge is 2.22. The summed E-state index contributed by atoms with van der Waals surface area (Å²) in [6, 6.07) is 0. The molecule has 2 unspecified atom stereocenters. The summed E-state index contributed by atoms with van der Waals surface area (Å²) in [5, 5.41) is 3.59. The predicted molar refractivity (Wildman–Crippen MR) is 71.3 cm³/mol. The molecule has 0 bridgehead atoms. The van der Waals surface area contributed by atoms with Crippen LogP contribution in [0.1, 0.15) is 58.8 Å². The minimum atomic E-state index is 0.847. The molecular formula is C15H27N. The summed E-state index contributed by atoms with van der Waals surface area (Å²) in [7, 11) is 0. The third kappa shape index (κ3) is 5.03. The van der Waals surface area contributed by atoms with Crippen LogP contribution in [0, 0.1) is 23.7 Å². The number of hydrogen-bond donors (Lipinski definition) is 1. The van der Waals surface area contributed by atoms with Crippen LogP contribution in [0.15, 0.2) is 0 Å². The molecule has 0 aromatic rings. The van der Waals surface area contributed by atoms with Gasteiger partial charge in [0.2, 0.25) is 0 Å². The minimum Gasteiger partial charge on any atom is -0.316 e. The van der Waals surface area contributed by atoms with E-state index >= 15 is 0 Å². The molecule has 1 fully saturated rings. The van der Waals surface area contributed by atoms with Crippen LogP contribution in [-0.4, -0.2) is 13.1 Å². The topological polar surface area (TPSA) is 12.0 Å². The van der Waals surface area contributed by atoms with E-state index in [2.05, 4.69) is 24.1 Å². The third-order valence-corrected chi connectivity index (χ3v) is 3.69. The highest BCUT2D eigenvalue weighted by molar-refractivity contribution is 4.97. The Kier molecular flexibility index (Phi) is 7.34. The van der Waals surface area contributed by atoms with Gasteiger partial charge in [0.25, 0.3) is 0 Å². The van der Waals surface area contributed by atoms with Crippen LogP contribution in [0.3, 0.4) is 0 Å². The fourth-order valence-electron chi connectivity index (χ4n) is 2.70. The monoisotopic (exact) mass is 221 g/mol. The number of hydrogen-bond acceptors (Lipinski definition) is 1. The molecule has 2 atom stereocenters. The first-order chi connectivity index (χ1) is 7.88. The fourth-order valence-corrected chi connectivity index (χ4v) is 2.70. The summed E-state index contributed by atoms with van der Waals surface area (Å²) >= 11 is 0. The van der Waals surface area contributed by atoms with Gasteiger partial charge in [0.05, 0.1) is 0 Å². The first kappa shape index (κ1) is 13.6. The van der Waals surface area contributed by atoms with Gasteiger partial charge in [-0.2, -0.15) is 0 Å². The van der Waals surface area contributed by atoms with Gasteiger partial charge in [0, 0.05) is 6.42 Å². The lowest BCUT2D eigenvalue weighted by atomic mass is 9.85. The quantitative estimate of drug-likeness (QED) is 0.425. The maximum Gasteiger partial charge on any atom is 0.0120 e. The van der Waals surface area contributed by atoms with E-state index in [9.17, 15) is 0 Å². The SMILES string of the molecule is CC#CCC1CCCCCC1CNCCC. The first-order valence-electron chi connectivity index (χ1n) is 6.98. The molecule has 1 aliphatic carbocycles. The summed E-state index contributed by atoms with van der Waals surface area (Å²) < 4.78 is 0. The van der Waals surface area contributed by atoms with Gasteiger partial charge in [0.1, 0.15) is 0 Å². The minimum absolute atomic E-state index is 0.847. The van der Waals surface area contributed by atoms with E-state index < -0.39 is 0 Å². The van der Waals surface area contributed by atoms with Crippen molar-refractivity contribution in [2.45, 2.75) is 58.8 Å². The smallest absolute Gasteiger partial charge is 0.0120 e. The van der Waals surface area contributed by atoms with Crippen LogP contribution in [0.25, 0.3) is 0 Å². The molecular weight excluding hydrogens is 194 g/mol. The zero-order chi connectivity index (χ0) is 11.6. The largest absolute Gasteiger partial charge is 0.316 e. The van der Waals surface area contributed by atoms with Crippen LogP contribution in [0.5, 0.6) is 0 Å². The van der Waals surface area contributed by atoms with Crippen molar-refractivity contribution >= 4 is 0 Å². The van der Waals surface area contributed by atoms with E-state index in [-0.39, 0.29) is 0 Å². The Bertz CT molecular complexity index is 223. The lowest BCUT2D eigenvalue weighted by Crippen LogP contribution is -2.28. The van der Waals surface area contributed by atoms with E-state index in [1.165, 1.54) is 51.6 Å². The second-order valence-corrected chi connectivity index (χ2v) is 4.99. The molecule has 1 N–H and O–H groups in total. The molecule has 1 aliphatic rings.